The quantitative estimate of drug-likeness (QED) is 0.874. The number of aliphatic hydroxyl groups excluding tert-OH is 1. The zero-order chi connectivity index (χ0) is 17.5. The highest BCUT2D eigenvalue weighted by molar-refractivity contribution is 5.94. The van der Waals surface area contributed by atoms with Gasteiger partial charge >= 0.3 is 0 Å². The van der Waals surface area contributed by atoms with Crippen molar-refractivity contribution in [2.45, 2.75) is 38.3 Å². The van der Waals surface area contributed by atoms with Crippen molar-refractivity contribution in [2.24, 2.45) is 0 Å². The van der Waals surface area contributed by atoms with E-state index < -0.39 is 0 Å². The van der Waals surface area contributed by atoms with Crippen LogP contribution in [0.5, 0.6) is 5.75 Å². The van der Waals surface area contributed by atoms with Crippen LogP contribution in [0.4, 0.5) is 0 Å². The van der Waals surface area contributed by atoms with Crippen LogP contribution in [-0.2, 0) is 6.61 Å². The maximum Gasteiger partial charge on any atom is 0.254 e. The normalized spacial score (nSPS) is 17.3. The van der Waals surface area contributed by atoms with Gasteiger partial charge in [-0.25, -0.2) is 0 Å². The molecule has 1 fully saturated rings. The number of hydrogen-bond donors (Lipinski definition) is 1. The Bertz CT molecular complexity index is 667. The Labute approximate surface area is 149 Å². The average Bonchev–Trinajstić information content (AvgIpc) is 2.68. The first-order valence-corrected chi connectivity index (χ1v) is 8.96. The first-order chi connectivity index (χ1) is 12.3. The summed E-state index contributed by atoms with van der Waals surface area (Å²) < 4.78 is 5.77. The van der Waals surface area contributed by atoms with E-state index in [0.29, 0.717) is 18.6 Å². The number of likely N-dealkylation sites (tertiary alicyclic amines) is 1. The minimum absolute atomic E-state index is 0.0489. The molecule has 1 atom stereocenters. The number of nitrogens with zero attached hydrogens (tertiary/aromatic N) is 1. The van der Waals surface area contributed by atoms with Gasteiger partial charge in [0.15, 0.2) is 0 Å². The lowest BCUT2D eigenvalue weighted by Gasteiger charge is -2.35. The molecule has 1 amide bonds. The number of benzene rings is 2. The summed E-state index contributed by atoms with van der Waals surface area (Å²) in [5, 5.41) is 9.22. The van der Waals surface area contributed by atoms with Crippen molar-refractivity contribution in [3.63, 3.8) is 0 Å². The van der Waals surface area contributed by atoms with E-state index >= 15 is 0 Å². The number of rotatable bonds is 6. The number of aliphatic hydroxyl groups is 1. The van der Waals surface area contributed by atoms with Gasteiger partial charge in [0.2, 0.25) is 0 Å². The molecule has 1 N–H and O–H groups in total. The van der Waals surface area contributed by atoms with Crippen molar-refractivity contribution in [1.29, 1.82) is 0 Å². The van der Waals surface area contributed by atoms with Gasteiger partial charge in [-0.05, 0) is 55.5 Å². The van der Waals surface area contributed by atoms with E-state index in [1.807, 2.05) is 59.5 Å². The molecular weight excluding hydrogens is 314 g/mol. The van der Waals surface area contributed by atoms with Gasteiger partial charge in [-0.3, -0.25) is 4.79 Å². The van der Waals surface area contributed by atoms with Crippen LogP contribution in [0, 0.1) is 0 Å². The zero-order valence-electron chi connectivity index (χ0n) is 14.4. The molecule has 1 saturated heterocycles. The molecule has 2 aromatic rings. The second-order valence-corrected chi connectivity index (χ2v) is 6.46. The van der Waals surface area contributed by atoms with Crippen molar-refractivity contribution < 1.29 is 14.6 Å². The van der Waals surface area contributed by atoms with Gasteiger partial charge in [-0.1, -0.05) is 30.3 Å². The van der Waals surface area contributed by atoms with Crippen molar-refractivity contribution in [3.05, 3.63) is 65.7 Å². The highest BCUT2D eigenvalue weighted by Gasteiger charge is 2.26. The summed E-state index contributed by atoms with van der Waals surface area (Å²) in [6.45, 7) is 1.41. The molecule has 0 radical (unpaired) electrons. The fraction of sp³-hybridized carbons (Fsp3) is 0.381. The van der Waals surface area contributed by atoms with E-state index in [0.717, 1.165) is 37.1 Å². The van der Waals surface area contributed by atoms with E-state index in [2.05, 4.69) is 0 Å². The van der Waals surface area contributed by atoms with Crippen molar-refractivity contribution in [3.8, 4) is 5.75 Å². The molecule has 1 aliphatic heterocycles. The smallest absolute Gasteiger partial charge is 0.254 e. The summed E-state index contributed by atoms with van der Waals surface area (Å²) in [6.07, 6.45) is 3.79. The molecule has 0 aliphatic carbocycles. The molecular formula is C21H25NO3. The maximum atomic E-state index is 12.8. The summed E-state index contributed by atoms with van der Waals surface area (Å²) in [7, 11) is 0. The van der Waals surface area contributed by atoms with Crippen molar-refractivity contribution >= 4 is 5.91 Å². The number of carbonyl (C=O) groups is 1. The molecule has 1 heterocycles. The molecule has 4 heteroatoms. The van der Waals surface area contributed by atoms with E-state index in [-0.39, 0.29) is 18.6 Å². The number of carbonyl (C=O) groups excluding carboxylic acids is 1. The minimum Gasteiger partial charge on any atom is -0.489 e. The third kappa shape index (κ3) is 4.60. The van der Waals surface area contributed by atoms with Gasteiger partial charge in [0.1, 0.15) is 12.4 Å². The molecule has 0 saturated carbocycles. The lowest BCUT2D eigenvalue weighted by atomic mass is 9.98. The summed E-state index contributed by atoms with van der Waals surface area (Å²) in [4.78, 5) is 14.7. The Hall–Kier alpha value is -2.33. The molecule has 1 unspecified atom stereocenters. The van der Waals surface area contributed by atoms with Crippen LogP contribution in [0.2, 0.25) is 0 Å². The van der Waals surface area contributed by atoms with E-state index in [1.54, 1.807) is 0 Å². The van der Waals surface area contributed by atoms with Crippen LogP contribution in [0.1, 0.15) is 41.6 Å². The average molecular weight is 339 g/mol. The van der Waals surface area contributed by atoms with E-state index in [1.165, 1.54) is 0 Å². The fourth-order valence-corrected chi connectivity index (χ4v) is 3.32. The molecule has 1 aliphatic rings. The number of piperidine rings is 1. The third-order valence-electron chi connectivity index (χ3n) is 4.70. The molecule has 3 rings (SSSR count). The Morgan fingerprint density at radius 3 is 2.56 bits per heavy atom. The van der Waals surface area contributed by atoms with E-state index in [9.17, 15) is 9.90 Å². The van der Waals surface area contributed by atoms with Gasteiger partial charge in [-0.15, -0.1) is 0 Å². The predicted octanol–water partition coefficient (Wildman–Crippen LogP) is 3.64. The SMILES string of the molecule is O=C(c1ccc(OCc2ccccc2)cc1)N1CCCCC1CCO. The number of ether oxygens (including phenoxy) is 1. The summed E-state index contributed by atoms with van der Waals surface area (Å²) in [6, 6.07) is 17.5. The van der Waals surface area contributed by atoms with Crippen LogP contribution >= 0.6 is 0 Å². The third-order valence-corrected chi connectivity index (χ3v) is 4.70. The first kappa shape index (κ1) is 17.5. The fourth-order valence-electron chi connectivity index (χ4n) is 3.32. The van der Waals surface area contributed by atoms with Crippen LogP contribution in [0.25, 0.3) is 0 Å². The van der Waals surface area contributed by atoms with Crippen LogP contribution in [0.15, 0.2) is 54.6 Å². The van der Waals surface area contributed by atoms with Crippen molar-refractivity contribution in [1.82, 2.24) is 4.90 Å². The summed E-state index contributed by atoms with van der Waals surface area (Å²) in [5.41, 5.74) is 1.79. The minimum atomic E-state index is 0.0489. The molecule has 0 aromatic heterocycles. The standard InChI is InChI=1S/C21H25NO3/c23-15-13-19-8-4-5-14-22(19)21(24)18-9-11-20(12-10-18)25-16-17-6-2-1-3-7-17/h1-3,6-7,9-12,19,23H,4-5,8,13-16H2. The lowest BCUT2D eigenvalue weighted by molar-refractivity contribution is 0.0574. The van der Waals surface area contributed by atoms with Crippen LogP contribution in [-0.4, -0.2) is 35.1 Å². The summed E-state index contributed by atoms with van der Waals surface area (Å²) in [5.74, 6) is 0.804. The topological polar surface area (TPSA) is 49.8 Å². The predicted molar refractivity (Wildman–Crippen MR) is 97.6 cm³/mol. The zero-order valence-corrected chi connectivity index (χ0v) is 14.4. The van der Waals surface area contributed by atoms with Gasteiger partial charge < -0.3 is 14.7 Å². The Morgan fingerprint density at radius 1 is 1.08 bits per heavy atom. The van der Waals surface area contributed by atoms with Gasteiger partial charge in [0.05, 0.1) is 0 Å². The Balaban J connectivity index is 1.61. The van der Waals surface area contributed by atoms with Gasteiger partial charge in [-0.2, -0.15) is 0 Å². The van der Waals surface area contributed by atoms with Crippen LogP contribution in [0.3, 0.4) is 0 Å². The first-order valence-electron chi connectivity index (χ1n) is 8.96. The monoisotopic (exact) mass is 339 g/mol. The molecule has 0 bridgehead atoms. The highest BCUT2D eigenvalue weighted by Crippen LogP contribution is 2.23. The number of amides is 1. The molecule has 2 aromatic carbocycles. The largest absolute Gasteiger partial charge is 0.489 e. The molecule has 25 heavy (non-hydrogen) atoms. The Morgan fingerprint density at radius 2 is 1.84 bits per heavy atom. The van der Waals surface area contributed by atoms with Gasteiger partial charge in [0, 0.05) is 24.8 Å². The second kappa shape index (κ2) is 8.67. The summed E-state index contributed by atoms with van der Waals surface area (Å²) >= 11 is 0. The van der Waals surface area contributed by atoms with E-state index in [4.69, 9.17) is 4.74 Å². The maximum absolute atomic E-state index is 12.8. The second-order valence-electron chi connectivity index (χ2n) is 6.46. The Kier molecular flexibility index (Phi) is 6.07. The lowest BCUT2D eigenvalue weighted by Crippen LogP contribution is -2.44. The highest BCUT2D eigenvalue weighted by atomic mass is 16.5. The molecule has 0 spiro atoms. The molecule has 4 nitrogen and oxygen atoms in total. The van der Waals surface area contributed by atoms with Gasteiger partial charge in [0.25, 0.3) is 5.91 Å². The van der Waals surface area contributed by atoms with Crippen molar-refractivity contribution in [2.75, 3.05) is 13.2 Å². The number of hydrogen-bond acceptors (Lipinski definition) is 3. The van der Waals surface area contributed by atoms with Crippen LogP contribution < -0.4 is 4.74 Å². The molecule has 132 valence electrons.